The summed E-state index contributed by atoms with van der Waals surface area (Å²) >= 11 is 0. The van der Waals surface area contributed by atoms with Crippen LogP contribution >= 0.6 is 0 Å². The van der Waals surface area contributed by atoms with Crippen molar-refractivity contribution in [2.24, 2.45) is 5.92 Å². The maximum Gasteiger partial charge on any atom is 0.310 e. The number of carboxylic acids is 1. The Kier molecular flexibility index (Phi) is 4.97. The molecule has 1 aromatic rings. The molecule has 1 aliphatic heterocycles. The van der Waals surface area contributed by atoms with Crippen molar-refractivity contribution in [2.75, 3.05) is 13.2 Å². The fourth-order valence-electron chi connectivity index (χ4n) is 2.31. The van der Waals surface area contributed by atoms with E-state index in [9.17, 15) is 13.2 Å². The highest BCUT2D eigenvalue weighted by Gasteiger charge is 2.36. The first-order valence-corrected chi connectivity index (χ1v) is 8.34. The van der Waals surface area contributed by atoms with Crippen molar-refractivity contribution in [3.63, 3.8) is 0 Å². The first-order valence-electron chi connectivity index (χ1n) is 6.86. The molecule has 2 atom stereocenters. The van der Waals surface area contributed by atoms with Gasteiger partial charge >= 0.3 is 5.97 Å². The topological polar surface area (TPSA) is 92.7 Å². The summed E-state index contributed by atoms with van der Waals surface area (Å²) in [5, 5.41) is 9.03. The van der Waals surface area contributed by atoms with Gasteiger partial charge in [-0.3, -0.25) is 4.79 Å². The van der Waals surface area contributed by atoms with Gasteiger partial charge in [0.1, 0.15) is 0 Å². The van der Waals surface area contributed by atoms with Crippen LogP contribution in [0.15, 0.2) is 29.2 Å². The molecule has 2 rings (SSSR count). The predicted octanol–water partition coefficient (Wildman–Crippen LogP) is 1.02. The van der Waals surface area contributed by atoms with Gasteiger partial charge in [-0.15, -0.1) is 0 Å². The van der Waals surface area contributed by atoms with E-state index in [1.54, 1.807) is 24.3 Å². The van der Waals surface area contributed by atoms with Crippen molar-refractivity contribution < 1.29 is 23.1 Å². The highest BCUT2D eigenvalue weighted by molar-refractivity contribution is 7.89. The molecule has 0 saturated carbocycles. The Morgan fingerprint density at radius 1 is 1.33 bits per heavy atom. The van der Waals surface area contributed by atoms with Crippen LogP contribution in [0.1, 0.15) is 18.9 Å². The van der Waals surface area contributed by atoms with E-state index in [2.05, 4.69) is 11.6 Å². The van der Waals surface area contributed by atoms with Crippen LogP contribution in [0.25, 0.3) is 0 Å². The SMILES string of the molecule is CCCc1ccc(S(=O)(=O)N[C@@H]2COC[C@@H]2C(=O)O)cc1. The number of benzene rings is 1. The summed E-state index contributed by atoms with van der Waals surface area (Å²) in [6.45, 7) is 2.15. The number of aliphatic carboxylic acids is 1. The summed E-state index contributed by atoms with van der Waals surface area (Å²) in [5.74, 6) is -1.90. The Morgan fingerprint density at radius 2 is 2.00 bits per heavy atom. The Labute approximate surface area is 124 Å². The average molecular weight is 313 g/mol. The van der Waals surface area contributed by atoms with Gasteiger partial charge in [-0.05, 0) is 24.1 Å². The molecule has 1 aromatic carbocycles. The van der Waals surface area contributed by atoms with E-state index in [-0.39, 0.29) is 18.1 Å². The van der Waals surface area contributed by atoms with E-state index < -0.39 is 28.0 Å². The minimum Gasteiger partial charge on any atom is -0.481 e. The summed E-state index contributed by atoms with van der Waals surface area (Å²) in [4.78, 5) is 11.2. The molecule has 0 spiro atoms. The fraction of sp³-hybridized carbons (Fsp3) is 0.500. The van der Waals surface area contributed by atoms with Crippen molar-refractivity contribution in [1.82, 2.24) is 4.72 Å². The maximum absolute atomic E-state index is 12.3. The van der Waals surface area contributed by atoms with Gasteiger partial charge in [-0.2, -0.15) is 0 Å². The molecule has 1 aliphatic rings. The second-order valence-corrected chi connectivity index (χ2v) is 6.82. The van der Waals surface area contributed by atoms with Crippen molar-refractivity contribution in [3.05, 3.63) is 29.8 Å². The Balaban J connectivity index is 2.12. The molecular weight excluding hydrogens is 294 g/mol. The third-order valence-corrected chi connectivity index (χ3v) is 4.98. The fourth-order valence-corrected chi connectivity index (χ4v) is 3.57. The monoisotopic (exact) mass is 313 g/mol. The standard InChI is InChI=1S/C14H19NO5S/c1-2-3-10-4-6-11(7-5-10)21(18,19)15-13-9-20-8-12(13)14(16)17/h4-7,12-13,15H,2-3,8-9H2,1H3,(H,16,17)/t12-,13+/m0/s1. The lowest BCUT2D eigenvalue weighted by Gasteiger charge is -2.16. The zero-order valence-electron chi connectivity index (χ0n) is 11.8. The molecule has 6 nitrogen and oxygen atoms in total. The van der Waals surface area contributed by atoms with Crippen LogP contribution in [0.4, 0.5) is 0 Å². The molecular formula is C14H19NO5S. The number of carboxylic acid groups (broad SMARTS) is 1. The highest BCUT2D eigenvalue weighted by Crippen LogP contribution is 2.18. The van der Waals surface area contributed by atoms with Crippen LogP contribution in [0.2, 0.25) is 0 Å². The van der Waals surface area contributed by atoms with Gasteiger partial charge in [-0.1, -0.05) is 25.5 Å². The normalized spacial score (nSPS) is 22.3. The van der Waals surface area contributed by atoms with Crippen molar-refractivity contribution in [1.29, 1.82) is 0 Å². The van der Waals surface area contributed by atoms with Crippen LogP contribution in [-0.4, -0.2) is 38.7 Å². The van der Waals surface area contributed by atoms with Crippen LogP contribution in [-0.2, 0) is 26.0 Å². The molecule has 0 aromatic heterocycles. The van der Waals surface area contributed by atoms with Gasteiger partial charge in [-0.25, -0.2) is 13.1 Å². The third-order valence-electron chi connectivity index (χ3n) is 3.48. The molecule has 0 bridgehead atoms. The lowest BCUT2D eigenvalue weighted by atomic mass is 10.1. The Bertz CT molecular complexity index is 596. The van der Waals surface area contributed by atoms with Gasteiger partial charge in [0, 0.05) is 0 Å². The zero-order valence-corrected chi connectivity index (χ0v) is 12.6. The van der Waals surface area contributed by atoms with Gasteiger partial charge in [0.15, 0.2) is 0 Å². The predicted molar refractivity (Wildman–Crippen MR) is 76.5 cm³/mol. The van der Waals surface area contributed by atoms with Gasteiger partial charge in [0.05, 0.1) is 30.1 Å². The molecule has 0 radical (unpaired) electrons. The van der Waals surface area contributed by atoms with E-state index >= 15 is 0 Å². The number of aryl methyl sites for hydroxylation is 1. The second-order valence-electron chi connectivity index (χ2n) is 5.10. The molecule has 2 N–H and O–H groups in total. The molecule has 1 fully saturated rings. The molecule has 7 heteroatoms. The van der Waals surface area contributed by atoms with Gasteiger partial charge in [0.25, 0.3) is 0 Å². The van der Waals surface area contributed by atoms with Crippen LogP contribution in [0, 0.1) is 5.92 Å². The van der Waals surface area contributed by atoms with Gasteiger partial charge < -0.3 is 9.84 Å². The van der Waals surface area contributed by atoms with Crippen LogP contribution in [0.3, 0.4) is 0 Å². The van der Waals surface area contributed by atoms with E-state index in [4.69, 9.17) is 9.84 Å². The van der Waals surface area contributed by atoms with Crippen molar-refractivity contribution >= 4 is 16.0 Å². The van der Waals surface area contributed by atoms with Crippen LogP contribution in [0.5, 0.6) is 0 Å². The minimum atomic E-state index is -3.74. The maximum atomic E-state index is 12.3. The Morgan fingerprint density at radius 3 is 2.57 bits per heavy atom. The van der Waals surface area contributed by atoms with E-state index in [1.807, 2.05) is 0 Å². The molecule has 0 aliphatic carbocycles. The smallest absolute Gasteiger partial charge is 0.310 e. The zero-order chi connectivity index (χ0) is 15.5. The quantitative estimate of drug-likeness (QED) is 0.818. The summed E-state index contributed by atoms with van der Waals surface area (Å²) in [7, 11) is -3.74. The first kappa shape index (κ1) is 15.9. The number of ether oxygens (including phenoxy) is 1. The largest absolute Gasteiger partial charge is 0.481 e. The van der Waals surface area contributed by atoms with Gasteiger partial charge in [0.2, 0.25) is 10.0 Å². The molecule has 0 unspecified atom stereocenters. The number of carbonyl (C=O) groups is 1. The number of nitrogens with one attached hydrogen (secondary N) is 1. The molecule has 116 valence electrons. The molecule has 1 heterocycles. The average Bonchev–Trinajstić information content (AvgIpc) is 2.87. The number of hydrogen-bond acceptors (Lipinski definition) is 4. The third kappa shape index (κ3) is 3.81. The Hall–Kier alpha value is -1.44. The summed E-state index contributed by atoms with van der Waals surface area (Å²) in [6.07, 6.45) is 1.88. The summed E-state index contributed by atoms with van der Waals surface area (Å²) in [5.41, 5.74) is 1.07. The van der Waals surface area contributed by atoms with E-state index in [1.165, 1.54) is 0 Å². The minimum absolute atomic E-state index is 0.0258. The molecule has 21 heavy (non-hydrogen) atoms. The van der Waals surface area contributed by atoms with Crippen molar-refractivity contribution in [2.45, 2.75) is 30.7 Å². The van der Waals surface area contributed by atoms with E-state index in [0.717, 1.165) is 18.4 Å². The number of rotatable bonds is 6. The number of sulfonamides is 1. The summed E-state index contributed by atoms with van der Waals surface area (Å²) < 4.78 is 32.0. The highest BCUT2D eigenvalue weighted by atomic mass is 32.2. The molecule has 1 saturated heterocycles. The number of hydrogen-bond donors (Lipinski definition) is 2. The lowest BCUT2D eigenvalue weighted by Crippen LogP contribution is -2.42. The van der Waals surface area contributed by atoms with Crippen molar-refractivity contribution in [3.8, 4) is 0 Å². The summed E-state index contributed by atoms with van der Waals surface area (Å²) in [6, 6.07) is 5.90. The van der Waals surface area contributed by atoms with Crippen LogP contribution < -0.4 is 4.72 Å². The first-order chi connectivity index (χ1) is 9.94. The van der Waals surface area contributed by atoms with E-state index in [0.29, 0.717) is 0 Å². The molecule has 0 amide bonds. The second kappa shape index (κ2) is 6.55. The lowest BCUT2D eigenvalue weighted by molar-refractivity contribution is -0.142.